The lowest BCUT2D eigenvalue weighted by Crippen LogP contribution is -2.53. The molecule has 2 fully saturated rings. The van der Waals surface area contributed by atoms with Gasteiger partial charge in [-0.2, -0.15) is 0 Å². The molecular weight excluding hydrogens is 302 g/mol. The zero-order chi connectivity index (χ0) is 17.3. The quantitative estimate of drug-likeness (QED) is 0.822. The monoisotopic (exact) mass is 331 g/mol. The van der Waals surface area contributed by atoms with Crippen LogP contribution in [0, 0.1) is 0 Å². The highest BCUT2D eigenvalue weighted by Crippen LogP contribution is 2.27. The van der Waals surface area contributed by atoms with E-state index in [-0.39, 0.29) is 17.4 Å². The van der Waals surface area contributed by atoms with Crippen molar-refractivity contribution in [2.45, 2.75) is 45.1 Å². The molecule has 0 bridgehead atoms. The Morgan fingerprint density at radius 3 is 2.54 bits per heavy atom. The molecule has 2 aliphatic heterocycles. The molecule has 0 saturated carbocycles. The largest absolute Gasteiger partial charge is 0.344 e. The maximum Gasteiger partial charge on any atom is 0.245 e. The molecule has 0 radical (unpaired) electrons. The Balaban J connectivity index is 1.77. The van der Waals surface area contributed by atoms with Crippen LogP contribution in [0.15, 0.2) is 12.3 Å². The molecule has 1 aromatic rings. The third-order valence-electron chi connectivity index (χ3n) is 4.96. The second-order valence-corrected chi connectivity index (χ2v) is 7.97. The number of piperazine rings is 1. The second kappa shape index (κ2) is 6.67. The fourth-order valence-electron chi connectivity index (χ4n) is 3.41. The van der Waals surface area contributed by atoms with Gasteiger partial charge in [-0.15, -0.1) is 0 Å². The zero-order valence-corrected chi connectivity index (χ0v) is 15.3. The van der Waals surface area contributed by atoms with E-state index in [9.17, 15) is 4.79 Å². The van der Waals surface area contributed by atoms with Crippen LogP contribution in [-0.2, 0) is 10.2 Å². The van der Waals surface area contributed by atoms with Gasteiger partial charge in [-0.05, 0) is 26.0 Å². The fraction of sp³-hybridized carbons (Fsp3) is 0.722. The molecule has 1 atom stereocenters. The smallest absolute Gasteiger partial charge is 0.245 e. The molecule has 0 N–H and O–H groups in total. The minimum absolute atomic E-state index is 0.0730. The summed E-state index contributed by atoms with van der Waals surface area (Å²) in [5.41, 5.74) is -0.0906. The molecule has 0 aliphatic carbocycles. The van der Waals surface area contributed by atoms with Crippen molar-refractivity contribution < 1.29 is 4.79 Å². The Bertz CT molecular complexity index is 589. The number of rotatable bonds is 2. The molecule has 2 aliphatic rings. The first-order valence-electron chi connectivity index (χ1n) is 8.94. The summed E-state index contributed by atoms with van der Waals surface area (Å²) in [6.45, 7) is 10.8. The van der Waals surface area contributed by atoms with Crippen LogP contribution in [0.25, 0.3) is 0 Å². The van der Waals surface area contributed by atoms with Crippen LogP contribution in [0.1, 0.15) is 39.4 Å². The number of amides is 1. The lowest BCUT2D eigenvalue weighted by Gasteiger charge is -2.36. The lowest BCUT2D eigenvalue weighted by molar-refractivity contribution is -0.134. The van der Waals surface area contributed by atoms with Crippen LogP contribution in [-0.4, -0.2) is 71.5 Å². The summed E-state index contributed by atoms with van der Waals surface area (Å²) in [5.74, 6) is 1.98. The molecule has 1 amide bonds. The van der Waals surface area contributed by atoms with Gasteiger partial charge >= 0.3 is 0 Å². The number of aromatic nitrogens is 2. The Morgan fingerprint density at radius 1 is 1.17 bits per heavy atom. The van der Waals surface area contributed by atoms with E-state index in [0.717, 1.165) is 57.2 Å². The second-order valence-electron chi connectivity index (χ2n) is 7.97. The van der Waals surface area contributed by atoms with E-state index >= 15 is 0 Å². The fourth-order valence-corrected chi connectivity index (χ4v) is 3.41. The maximum atomic E-state index is 13.0. The average molecular weight is 331 g/mol. The number of anilines is 1. The summed E-state index contributed by atoms with van der Waals surface area (Å²) in [6.07, 6.45) is 3.78. The number of hydrogen-bond donors (Lipinski definition) is 0. The highest BCUT2D eigenvalue weighted by atomic mass is 16.2. The third kappa shape index (κ3) is 3.53. The lowest BCUT2D eigenvalue weighted by atomic mass is 9.96. The summed E-state index contributed by atoms with van der Waals surface area (Å²) in [5, 5.41) is 0. The van der Waals surface area contributed by atoms with Gasteiger partial charge in [-0.3, -0.25) is 4.79 Å². The van der Waals surface area contributed by atoms with Crippen molar-refractivity contribution in [3.8, 4) is 0 Å². The van der Waals surface area contributed by atoms with Crippen molar-refractivity contribution in [3.05, 3.63) is 18.1 Å². The van der Waals surface area contributed by atoms with Gasteiger partial charge in [0.05, 0.1) is 0 Å². The third-order valence-corrected chi connectivity index (χ3v) is 4.96. The normalized spacial score (nSPS) is 22.9. The van der Waals surface area contributed by atoms with Crippen molar-refractivity contribution in [3.63, 3.8) is 0 Å². The summed E-state index contributed by atoms with van der Waals surface area (Å²) >= 11 is 0. The molecule has 132 valence electrons. The molecule has 6 nitrogen and oxygen atoms in total. The van der Waals surface area contributed by atoms with E-state index < -0.39 is 0 Å². The summed E-state index contributed by atoms with van der Waals surface area (Å²) < 4.78 is 0. The molecule has 24 heavy (non-hydrogen) atoms. The van der Waals surface area contributed by atoms with Gasteiger partial charge in [0, 0.05) is 44.3 Å². The molecule has 3 rings (SSSR count). The topological polar surface area (TPSA) is 52.6 Å². The Morgan fingerprint density at radius 2 is 1.88 bits per heavy atom. The van der Waals surface area contributed by atoms with E-state index in [1.54, 1.807) is 0 Å². The number of hydrogen-bond acceptors (Lipinski definition) is 5. The molecular formula is C18H29N5O. The van der Waals surface area contributed by atoms with E-state index in [2.05, 4.69) is 42.6 Å². The summed E-state index contributed by atoms with van der Waals surface area (Å²) in [6, 6.07) is 1.86. The first-order chi connectivity index (χ1) is 11.4. The predicted octanol–water partition coefficient (Wildman–Crippen LogP) is 1.52. The van der Waals surface area contributed by atoms with Crippen LogP contribution in [0.5, 0.6) is 0 Å². The van der Waals surface area contributed by atoms with Gasteiger partial charge in [-0.25, -0.2) is 9.97 Å². The van der Waals surface area contributed by atoms with Crippen molar-refractivity contribution in [2.24, 2.45) is 0 Å². The SMILES string of the molecule is CN1CCN(C(=O)C2CCCN2c2ccnc(C(C)(C)C)n2)CC1. The first kappa shape index (κ1) is 17.1. The van der Waals surface area contributed by atoms with E-state index in [1.165, 1.54) is 0 Å². The van der Waals surface area contributed by atoms with Crippen LogP contribution in [0.3, 0.4) is 0 Å². The van der Waals surface area contributed by atoms with Crippen molar-refractivity contribution >= 4 is 11.7 Å². The Kier molecular flexibility index (Phi) is 4.76. The molecule has 3 heterocycles. The minimum atomic E-state index is -0.0906. The van der Waals surface area contributed by atoms with E-state index in [0.29, 0.717) is 0 Å². The van der Waals surface area contributed by atoms with Gasteiger partial charge in [0.25, 0.3) is 0 Å². The summed E-state index contributed by atoms with van der Waals surface area (Å²) in [4.78, 5) is 28.6. The Hall–Kier alpha value is -1.69. The van der Waals surface area contributed by atoms with Crippen LogP contribution in [0.4, 0.5) is 5.82 Å². The van der Waals surface area contributed by atoms with Crippen molar-refractivity contribution in [2.75, 3.05) is 44.7 Å². The van der Waals surface area contributed by atoms with Gasteiger partial charge < -0.3 is 14.7 Å². The Labute approximate surface area is 144 Å². The predicted molar refractivity (Wildman–Crippen MR) is 95.2 cm³/mol. The maximum absolute atomic E-state index is 13.0. The van der Waals surface area contributed by atoms with E-state index in [1.807, 2.05) is 17.2 Å². The first-order valence-corrected chi connectivity index (χ1v) is 8.94. The standard InChI is InChI=1S/C18H29N5O/c1-18(2,3)17-19-8-7-15(20-17)23-9-5-6-14(23)16(24)22-12-10-21(4)11-13-22/h7-8,14H,5-6,9-13H2,1-4H3. The number of likely N-dealkylation sites (N-methyl/N-ethyl adjacent to an activating group) is 1. The molecule has 0 spiro atoms. The van der Waals surface area contributed by atoms with Crippen molar-refractivity contribution in [1.82, 2.24) is 19.8 Å². The van der Waals surface area contributed by atoms with Crippen molar-refractivity contribution in [1.29, 1.82) is 0 Å². The number of carbonyl (C=O) groups is 1. The molecule has 0 aromatic carbocycles. The van der Waals surface area contributed by atoms with Crippen LogP contribution < -0.4 is 4.90 Å². The number of carbonyl (C=O) groups excluding carboxylic acids is 1. The zero-order valence-electron chi connectivity index (χ0n) is 15.3. The van der Waals surface area contributed by atoms with Gasteiger partial charge in [0.2, 0.25) is 5.91 Å². The van der Waals surface area contributed by atoms with Crippen LogP contribution in [0.2, 0.25) is 0 Å². The van der Waals surface area contributed by atoms with E-state index in [4.69, 9.17) is 4.98 Å². The highest BCUT2D eigenvalue weighted by molar-refractivity contribution is 5.85. The molecule has 2 saturated heterocycles. The van der Waals surface area contributed by atoms with Gasteiger partial charge in [-0.1, -0.05) is 20.8 Å². The molecule has 1 unspecified atom stereocenters. The average Bonchev–Trinajstić information content (AvgIpc) is 3.04. The summed E-state index contributed by atoms with van der Waals surface area (Å²) in [7, 11) is 2.11. The molecule has 1 aromatic heterocycles. The minimum Gasteiger partial charge on any atom is -0.344 e. The number of nitrogens with zero attached hydrogens (tertiary/aromatic N) is 5. The van der Waals surface area contributed by atoms with Gasteiger partial charge in [0.15, 0.2) is 0 Å². The van der Waals surface area contributed by atoms with Gasteiger partial charge in [0.1, 0.15) is 17.7 Å². The highest BCUT2D eigenvalue weighted by Gasteiger charge is 2.35. The van der Waals surface area contributed by atoms with Crippen LogP contribution >= 0.6 is 0 Å². The molecule has 6 heteroatoms.